The van der Waals surface area contributed by atoms with Gasteiger partial charge in [0.05, 0.1) is 12.3 Å². The second-order valence-electron chi connectivity index (χ2n) is 9.24. The number of β-amino-alcohol motifs (C(OH)–C–C–N with tert-alkyl or cyclic N) is 1. The number of carbonyl (C=O) groups excluding carboxylic acids is 1. The Kier molecular flexibility index (Phi) is 7.25. The first kappa shape index (κ1) is 23.3. The lowest BCUT2D eigenvalue weighted by Gasteiger charge is -2.30. The van der Waals surface area contributed by atoms with E-state index in [2.05, 4.69) is 37.6 Å². The summed E-state index contributed by atoms with van der Waals surface area (Å²) < 4.78 is 11.0. The molecule has 0 spiro atoms. The normalized spacial score (nSPS) is 16.7. The van der Waals surface area contributed by atoms with E-state index in [4.69, 9.17) is 9.15 Å². The Bertz CT molecular complexity index is 1130. The number of pyridine rings is 1. The highest BCUT2D eigenvalue weighted by atomic mass is 16.5. The summed E-state index contributed by atoms with van der Waals surface area (Å²) in [6, 6.07) is 10.0. The minimum absolute atomic E-state index is 0.199. The molecule has 2 aromatic heterocycles. The van der Waals surface area contributed by atoms with Gasteiger partial charge < -0.3 is 24.9 Å². The van der Waals surface area contributed by atoms with Gasteiger partial charge in [-0.15, -0.1) is 0 Å². The summed E-state index contributed by atoms with van der Waals surface area (Å²) in [5.74, 6) is 2.01. The lowest BCUT2D eigenvalue weighted by Crippen LogP contribution is -2.42. The van der Waals surface area contributed by atoms with Gasteiger partial charge in [-0.3, -0.25) is 9.69 Å². The van der Waals surface area contributed by atoms with Crippen molar-refractivity contribution in [3.63, 3.8) is 0 Å². The number of nitrogens with zero attached hydrogens (tertiary/aromatic N) is 3. The molecule has 0 bridgehead atoms. The number of fused-ring (bicyclic) bond motifs is 1. The molecule has 3 heterocycles. The molecule has 1 fully saturated rings. The predicted molar refractivity (Wildman–Crippen MR) is 130 cm³/mol. The van der Waals surface area contributed by atoms with E-state index in [1.165, 1.54) is 23.9 Å². The molecule has 1 aromatic carbocycles. The molecule has 3 N–H and O–H groups in total. The van der Waals surface area contributed by atoms with Gasteiger partial charge in [-0.2, -0.15) is 0 Å². The smallest absolute Gasteiger partial charge is 0.251 e. The Balaban J connectivity index is 1.07. The van der Waals surface area contributed by atoms with Crippen molar-refractivity contribution in [1.29, 1.82) is 0 Å². The zero-order valence-corrected chi connectivity index (χ0v) is 19.7. The number of hydrogen-bond acceptors (Lipinski definition) is 8. The third kappa shape index (κ3) is 6.17. The minimum Gasteiger partial charge on any atom is -0.486 e. The highest BCUT2D eigenvalue weighted by Gasteiger charge is 2.21. The third-order valence-electron chi connectivity index (χ3n) is 6.58. The zero-order valence-electron chi connectivity index (χ0n) is 19.7. The molecule has 5 rings (SSSR count). The van der Waals surface area contributed by atoms with Crippen LogP contribution in [-0.4, -0.2) is 57.7 Å². The molecule has 3 aromatic rings. The van der Waals surface area contributed by atoms with Crippen LogP contribution in [0.4, 0.5) is 5.82 Å². The van der Waals surface area contributed by atoms with E-state index in [1.54, 1.807) is 24.5 Å². The lowest BCUT2D eigenvalue weighted by molar-refractivity contribution is 0.0841. The number of rotatable bonds is 10. The molecule has 0 radical (unpaired) electrons. The number of anilines is 1. The van der Waals surface area contributed by atoms with Crippen molar-refractivity contribution in [2.75, 3.05) is 25.0 Å². The van der Waals surface area contributed by atoms with Crippen LogP contribution in [0.25, 0.3) is 0 Å². The topological polar surface area (TPSA) is 113 Å². The minimum atomic E-state index is -0.653. The molecule has 35 heavy (non-hydrogen) atoms. The van der Waals surface area contributed by atoms with Crippen LogP contribution < -0.4 is 15.4 Å². The molecular formula is C26H31N5O4. The number of ether oxygens (including phenoxy) is 1. The van der Waals surface area contributed by atoms with Crippen LogP contribution in [0.15, 0.2) is 53.5 Å². The summed E-state index contributed by atoms with van der Waals surface area (Å²) in [6.45, 7) is 2.63. The average Bonchev–Trinajstić information content (AvgIpc) is 3.37. The number of aliphatic hydroxyl groups excluding tert-OH is 1. The van der Waals surface area contributed by atoms with E-state index in [-0.39, 0.29) is 12.5 Å². The first-order chi connectivity index (χ1) is 17.1. The average molecular weight is 478 g/mol. The predicted octanol–water partition coefficient (Wildman–Crippen LogP) is 2.76. The van der Waals surface area contributed by atoms with Crippen LogP contribution in [-0.2, 0) is 19.6 Å². The Morgan fingerprint density at radius 2 is 2.17 bits per heavy atom. The first-order valence-electron chi connectivity index (χ1n) is 12.2. The van der Waals surface area contributed by atoms with Crippen LogP contribution in [0.2, 0.25) is 0 Å². The number of aromatic nitrogens is 2. The van der Waals surface area contributed by atoms with E-state index in [0.717, 1.165) is 43.9 Å². The van der Waals surface area contributed by atoms with Crippen LogP contribution >= 0.6 is 0 Å². The molecule has 0 unspecified atom stereocenters. The van der Waals surface area contributed by atoms with Crippen molar-refractivity contribution in [3.8, 4) is 5.75 Å². The number of carbonyl (C=O) groups is 1. The molecule has 0 saturated heterocycles. The van der Waals surface area contributed by atoms with Gasteiger partial charge in [0.2, 0.25) is 0 Å². The fraction of sp³-hybridized carbons (Fsp3) is 0.423. The lowest BCUT2D eigenvalue weighted by atomic mass is 9.93. The zero-order chi connectivity index (χ0) is 24.0. The maximum atomic E-state index is 12.6. The fourth-order valence-corrected chi connectivity index (χ4v) is 4.39. The molecule has 184 valence electrons. The van der Waals surface area contributed by atoms with E-state index >= 15 is 0 Å². The van der Waals surface area contributed by atoms with E-state index < -0.39 is 6.10 Å². The van der Waals surface area contributed by atoms with Crippen LogP contribution in [0.1, 0.15) is 46.5 Å². The Morgan fingerprint density at radius 1 is 1.26 bits per heavy atom. The number of amides is 1. The molecule has 1 amide bonds. The molecule has 1 saturated carbocycles. The summed E-state index contributed by atoms with van der Waals surface area (Å²) in [6.07, 6.45) is 8.42. The van der Waals surface area contributed by atoms with Gasteiger partial charge in [-0.1, -0.05) is 6.07 Å². The van der Waals surface area contributed by atoms with Gasteiger partial charge in [0, 0.05) is 44.0 Å². The maximum absolute atomic E-state index is 12.6. The van der Waals surface area contributed by atoms with Gasteiger partial charge in [0.1, 0.15) is 18.2 Å². The summed E-state index contributed by atoms with van der Waals surface area (Å²) in [7, 11) is 0. The van der Waals surface area contributed by atoms with Crippen molar-refractivity contribution >= 4 is 11.7 Å². The summed E-state index contributed by atoms with van der Waals surface area (Å²) >= 11 is 0. The largest absolute Gasteiger partial charge is 0.486 e. The molecule has 1 aliphatic heterocycles. The molecule has 1 aliphatic carbocycles. The van der Waals surface area contributed by atoms with Crippen molar-refractivity contribution in [2.45, 2.75) is 51.0 Å². The summed E-state index contributed by atoms with van der Waals surface area (Å²) in [5.41, 5.74) is 3.02. The van der Waals surface area contributed by atoms with E-state index in [0.29, 0.717) is 30.5 Å². The number of hydrogen-bond donors (Lipinski definition) is 3. The number of aliphatic hydroxyl groups is 1. The highest BCUT2D eigenvalue weighted by Crippen LogP contribution is 2.25. The fourth-order valence-electron chi connectivity index (χ4n) is 4.39. The maximum Gasteiger partial charge on any atom is 0.251 e. The van der Waals surface area contributed by atoms with Crippen LogP contribution in [0.5, 0.6) is 5.75 Å². The number of benzene rings is 1. The SMILES string of the molecule is O=C(NC[C@H](O)CN1CCc2cc(OCc3cnco3)ccc2C1)c1ccnc(NC2CCC2)c1. The van der Waals surface area contributed by atoms with Crippen LogP contribution in [0, 0.1) is 0 Å². The standard InChI is InChI=1S/C26H31N5O4/c32-22(12-29-26(33)19-6-8-28-25(11-19)30-21-2-1-3-21)15-31-9-7-18-10-23(5-4-20(18)14-31)34-16-24-13-27-17-35-24/h4-6,8,10-11,13,17,21-22,32H,1-3,7,9,12,14-16H2,(H,28,30)(H,29,33)/t22-/m0/s1. The Morgan fingerprint density at radius 3 is 2.97 bits per heavy atom. The van der Waals surface area contributed by atoms with Gasteiger partial charge in [0.25, 0.3) is 5.91 Å². The highest BCUT2D eigenvalue weighted by molar-refractivity contribution is 5.94. The Labute approximate surface area is 204 Å². The second-order valence-corrected chi connectivity index (χ2v) is 9.24. The molecular weight excluding hydrogens is 446 g/mol. The monoisotopic (exact) mass is 477 g/mol. The van der Waals surface area contributed by atoms with Gasteiger partial charge >= 0.3 is 0 Å². The second kappa shape index (κ2) is 10.9. The van der Waals surface area contributed by atoms with Crippen molar-refractivity contribution in [2.24, 2.45) is 0 Å². The number of oxazole rings is 1. The van der Waals surface area contributed by atoms with Crippen molar-refractivity contribution in [3.05, 3.63) is 71.6 Å². The van der Waals surface area contributed by atoms with Gasteiger partial charge in [0.15, 0.2) is 12.2 Å². The van der Waals surface area contributed by atoms with Crippen molar-refractivity contribution < 1.29 is 19.1 Å². The molecule has 2 aliphatic rings. The third-order valence-corrected chi connectivity index (χ3v) is 6.58. The van der Waals surface area contributed by atoms with Gasteiger partial charge in [-0.05, 0) is 61.1 Å². The van der Waals surface area contributed by atoms with E-state index in [9.17, 15) is 9.90 Å². The molecule has 9 heteroatoms. The number of nitrogens with one attached hydrogen (secondary N) is 2. The van der Waals surface area contributed by atoms with E-state index in [1.807, 2.05) is 6.07 Å². The molecule has 1 atom stereocenters. The van der Waals surface area contributed by atoms with Crippen LogP contribution in [0.3, 0.4) is 0 Å². The van der Waals surface area contributed by atoms with Crippen molar-refractivity contribution in [1.82, 2.24) is 20.2 Å². The Hall–Kier alpha value is -3.43. The quantitative estimate of drug-likeness (QED) is 0.409. The van der Waals surface area contributed by atoms with Gasteiger partial charge in [-0.25, -0.2) is 9.97 Å². The summed E-state index contributed by atoms with van der Waals surface area (Å²) in [5, 5.41) is 16.8. The summed E-state index contributed by atoms with van der Waals surface area (Å²) in [4.78, 5) is 23.0. The molecule has 9 nitrogen and oxygen atoms in total. The first-order valence-corrected chi connectivity index (χ1v) is 12.2.